The number of hydrogen-bond acceptors (Lipinski definition) is 7. The van der Waals surface area contributed by atoms with E-state index >= 15 is 0 Å². The van der Waals surface area contributed by atoms with Gasteiger partial charge in [0.15, 0.2) is 0 Å². The van der Waals surface area contributed by atoms with E-state index in [0.29, 0.717) is 36.2 Å². The Kier molecular flexibility index (Phi) is 10.4. The monoisotopic (exact) mass is 541 g/mol. The molecule has 2 N–H and O–H groups in total. The minimum atomic E-state index is -0.167. The number of nitrogen functional groups attached to an aromatic ring is 1. The van der Waals surface area contributed by atoms with Crippen molar-refractivity contribution in [3.63, 3.8) is 0 Å². The van der Waals surface area contributed by atoms with Gasteiger partial charge in [0.05, 0.1) is 31.7 Å². The molecular formula is C32H39N5O3. The summed E-state index contributed by atoms with van der Waals surface area (Å²) in [6.07, 6.45) is 5.66. The van der Waals surface area contributed by atoms with Gasteiger partial charge in [0.25, 0.3) is 5.56 Å². The first kappa shape index (κ1) is 29.0. The SMILES string of the molecule is C=C/C(=C\N=C(C)c1cccc(Cn2nc(-c3cccc(N)c3)ccc2=O)c1)OCC1CCN(CCOC)CC1. The van der Waals surface area contributed by atoms with E-state index in [1.807, 2.05) is 55.5 Å². The Morgan fingerprint density at radius 3 is 2.70 bits per heavy atom. The number of rotatable bonds is 12. The van der Waals surface area contributed by atoms with Crippen molar-refractivity contribution in [2.75, 3.05) is 45.7 Å². The molecule has 210 valence electrons. The van der Waals surface area contributed by atoms with Gasteiger partial charge in [-0.3, -0.25) is 9.79 Å². The number of benzene rings is 2. The van der Waals surface area contributed by atoms with E-state index in [-0.39, 0.29) is 5.56 Å². The standard InChI is InChI=1S/C32H39N5O3/c1-4-30(40-23-25-13-15-36(16-14-25)17-18-39-3)21-34-24(2)27-8-5-7-26(19-27)22-37-32(38)12-11-31(35-37)28-9-6-10-29(33)20-28/h4-12,19-21,25H,1,13-18,22-23,33H2,2-3H3/b30-21+,34-24?. The molecule has 0 unspecified atom stereocenters. The van der Waals surface area contributed by atoms with Crippen molar-refractivity contribution in [3.8, 4) is 11.3 Å². The van der Waals surface area contributed by atoms with Gasteiger partial charge >= 0.3 is 0 Å². The zero-order valence-corrected chi connectivity index (χ0v) is 23.5. The van der Waals surface area contributed by atoms with E-state index in [9.17, 15) is 4.79 Å². The molecule has 1 aliphatic rings. The van der Waals surface area contributed by atoms with Gasteiger partial charge in [-0.1, -0.05) is 36.9 Å². The number of aliphatic imine (C=N–C) groups is 1. The maximum Gasteiger partial charge on any atom is 0.267 e. The highest BCUT2D eigenvalue weighted by Gasteiger charge is 2.19. The highest BCUT2D eigenvalue weighted by molar-refractivity contribution is 5.99. The van der Waals surface area contributed by atoms with Crippen molar-refractivity contribution in [2.24, 2.45) is 10.9 Å². The summed E-state index contributed by atoms with van der Waals surface area (Å²) in [5.74, 6) is 1.19. The molecule has 0 saturated carbocycles. The smallest absolute Gasteiger partial charge is 0.267 e. The second-order valence-corrected chi connectivity index (χ2v) is 10.1. The van der Waals surface area contributed by atoms with Gasteiger partial charge < -0.3 is 20.1 Å². The van der Waals surface area contributed by atoms with E-state index < -0.39 is 0 Å². The number of piperidine rings is 1. The number of methoxy groups -OCH3 is 1. The van der Waals surface area contributed by atoms with Gasteiger partial charge in [-0.2, -0.15) is 5.10 Å². The zero-order valence-electron chi connectivity index (χ0n) is 23.5. The number of nitrogens with two attached hydrogens (primary N) is 1. The quantitative estimate of drug-likeness (QED) is 0.154. The van der Waals surface area contributed by atoms with Gasteiger partial charge in [0.2, 0.25) is 0 Å². The van der Waals surface area contributed by atoms with Gasteiger partial charge in [0, 0.05) is 36.7 Å². The van der Waals surface area contributed by atoms with E-state index in [2.05, 4.69) is 21.6 Å². The van der Waals surface area contributed by atoms with Crippen molar-refractivity contribution >= 4 is 11.4 Å². The van der Waals surface area contributed by atoms with Crippen molar-refractivity contribution in [1.82, 2.24) is 14.7 Å². The van der Waals surface area contributed by atoms with Gasteiger partial charge in [-0.25, -0.2) is 4.68 Å². The first-order valence-electron chi connectivity index (χ1n) is 13.7. The second-order valence-electron chi connectivity index (χ2n) is 10.1. The summed E-state index contributed by atoms with van der Waals surface area (Å²) < 4.78 is 12.7. The first-order valence-corrected chi connectivity index (χ1v) is 13.7. The highest BCUT2D eigenvalue weighted by Crippen LogP contribution is 2.20. The van der Waals surface area contributed by atoms with Gasteiger partial charge in [-0.15, -0.1) is 0 Å². The summed E-state index contributed by atoms with van der Waals surface area (Å²) in [5.41, 5.74) is 10.7. The summed E-state index contributed by atoms with van der Waals surface area (Å²) in [5, 5.41) is 4.57. The minimum Gasteiger partial charge on any atom is -0.492 e. The molecule has 0 bridgehead atoms. The van der Waals surface area contributed by atoms with Crippen LogP contribution in [-0.4, -0.2) is 60.3 Å². The Morgan fingerprint density at radius 1 is 1.15 bits per heavy atom. The molecule has 40 heavy (non-hydrogen) atoms. The van der Waals surface area contributed by atoms with E-state index in [1.54, 1.807) is 25.5 Å². The lowest BCUT2D eigenvalue weighted by Crippen LogP contribution is -2.37. The van der Waals surface area contributed by atoms with Crippen molar-refractivity contribution in [1.29, 1.82) is 0 Å². The van der Waals surface area contributed by atoms with Crippen LogP contribution in [0.3, 0.4) is 0 Å². The Balaban J connectivity index is 1.39. The lowest BCUT2D eigenvalue weighted by Gasteiger charge is -2.31. The van der Waals surface area contributed by atoms with Crippen LogP contribution in [0.15, 0.2) is 95.1 Å². The summed E-state index contributed by atoms with van der Waals surface area (Å²) >= 11 is 0. The van der Waals surface area contributed by atoms with Crippen LogP contribution in [0.25, 0.3) is 11.3 Å². The Hall–Kier alpha value is -4.01. The molecule has 1 saturated heterocycles. The lowest BCUT2D eigenvalue weighted by atomic mass is 9.98. The van der Waals surface area contributed by atoms with Crippen LogP contribution < -0.4 is 11.3 Å². The van der Waals surface area contributed by atoms with E-state index in [1.165, 1.54) is 10.7 Å². The number of hydrogen-bond donors (Lipinski definition) is 1. The second kappa shape index (κ2) is 14.4. The molecule has 8 nitrogen and oxygen atoms in total. The van der Waals surface area contributed by atoms with Crippen LogP contribution in [-0.2, 0) is 16.0 Å². The molecule has 0 aliphatic carbocycles. The summed E-state index contributed by atoms with van der Waals surface area (Å²) in [7, 11) is 1.74. The number of ether oxygens (including phenoxy) is 2. The number of anilines is 1. The normalized spacial score (nSPS) is 15.2. The summed E-state index contributed by atoms with van der Waals surface area (Å²) in [6.45, 7) is 10.8. The lowest BCUT2D eigenvalue weighted by molar-refractivity contribution is 0.0899. The molecule has 1 fully saturated rings. The van der Waals surface area contributed by atoms with Crippen LogP contribution in [0, 0.1) is 5.92 Å². The predicted octanol–water partition coefficient (Wildman–Crippen LogP) is 4.75. The van der Waals surface area contributed by atoms with Crippen LogP contribution >= 0.6 is 0 Å². The first-order chi connectivity index (χ1) is 19.4. The maximum absolute atomic E-state index is 12.6. The fourth-order valence-corrected chi connectivity index (χ4v) is 4.68. The average Bonchev–Trinajstić information content (AvgIpc) is 2.98. The molecule has 4 rings (SSSR count). The zero-order chi connectivity index (χ0) is 28.3. The molecule has 0 spiro atoms. The van der Waals surface area contributed by atoms with Crippen molar-refractivity contribution in [3.05, 3.63) is 107 Å². The average molecular weight is 542 g/mol. The largest absolute Gasteiger partial charge is 0.492 e. The van der Waals surface area contributed by atoms with E-state index in [4.69, 9.17) is 15.2 Å². The molecular weight excluding hydrogens is 502 g/mol. The Bertz CT molecular complexity index is 1400. The Labute approximate surface area is 236 Å². The fourth-order valence-electron chi connectivity index (χ4n) is 4.68. The van der Waals surface area contributed by atoms with Crippen molar-refractivity contribution in [2.45, 2.75) is 26.3 Å². The minimum absolute atomic E-state index is 0.167. The highest BCUT2D eigenvalue weighted by atomic mass is 16.5. The third kappa shape index (κ3) is 8.24. The number of aromatic nitrogens is 2. The third-order valence-corrected chi connectivity index (χ3v) is 7.12. The number of allylic oxidation sites excluding steroid dienone is 1. The van der Waals surface area contributed by atoms with Gasteiger partial charge in [-0.05, 0) is 80.2 Å². The van der Waals surface area contributed by atoms with Crippen LogP contribution in [0.1, 0.15) is 30.9 Å². The molecule has 8 heteroatoms. The predicted molar refractivity (Wildman–Crippen MR) is 161 cm³/mol. The molecule has 2 aromatic carbocycles. The summed E-state index contributed by atoms with van der Waals surface area (Å²) in [6, 6.07) is 18.7. The molecule has 0 radical (unpaired) electrons. The molecule has 3 aromatic rings. The van der Waals surface area contributed by atoms with Crippen LogP contribution in [0.5, 0.6) is 0 Å². The number of nitrogens with zero attached hydrogens (tertiary/aromatic N) is 4. The van der Waals surface area contributed by atoms with Crippen LogP contribution in [0.4, 0.5) is 5.69 Å². The molecule has 0 atom stereocenters. The molecule has 1 aromatic heterocycles. The topological polar surface area (TPSA) is 95.0 Å². The fraction of sp³-hybridized carbons (Fsp3) is 0.344. The molecule has 0 amide bonds. The van der Waals surface area contributed by atoms with Gasteiger partial charge in [0.1, 0.15) is 5.76 Å². The number of likely N-dealkylation sites (tertiary alicyclic amines) is 1. The van der Waals surface area contributed by atoms with Crippen molar-refractivity contribution < 1.29 is 9.47 Å². The summed E-state index contributed by atoms with van der Waals surface area (Å²) in [4.78, 5) is 19.6. The molecule has 2 heterocycles. The maximum atomic E-state index is 12.6. The van der Waals surface area contributed by atoms with Crippen LogP contribution in [0.2, 0.25) is 0 Å². The van der Waals surface area contributed by atoms with E-state index in [0.717, 1.165) is 61.5 Å². The third-order valence-electron chi connectivity index (χ3n) is 7.12. The Morgan fingerprint density at radius 2 is 1.95 bits per heavy atom. The molecule has 1 aliphatic heterocycles.